The van der Waals surface area contributed by atoms with Gasteiger partial charge in [-0.2, -0.15) is 0 Å². The standard InChI is InChI=1S/C32H31NO4/c1-2-3-4-5-6-18-26(34)37-21-13-11-12-20(19-21)33-31(35)29-27-22-14-7-8-15-23(22)28(30(29)32(33)36)25-17-10-9-16-24(25)27/h7-17,19,27-30H,2-6,18H2,1H3/t27?,28?,29-,30-/m0/s1. The van der Waals surface area contributed by atoms with Crippen molar-refractivity contribution in [2.75, 3.05) is 4.90 Å². The number of hydrogen-bond donors (Lipinski definition) is 0. The number of ether oxygens (including phenoxy) is 1. The molecule has 5 nitrogen and oxygen atoms in total. The topological polar surface area (TPSA) is 63.7 Å². The first-order chi connectivity index (χ1) is 18.1. The van der Waals surface area contributed by atoms with Gasteiger partial charge in [-0.15, -0.1) is 0 Å². The number of carbonyl (C=O) groups is 3. The molecule has 1 aliphatic heterocycles. The molecule has 0 unspecified atom stereocenters. The first kappa shape index (κ1) is 23.7. The van der Waals surface area contributed by atoms with Crippen molar-refractivity contribution in [3.8, 4) is 5.75 Å². The molecule has 2 atom stereocenters. The molecule has 1 fully saturated rings. The van der Waals surface area contributed by atoms with E-state index < -0.39 is 11.8 Å². The summed E-state index contributed by atoms with van der Waals surface area (Å²) in [5.41, 5.74) is 5.06. The lowest BCUT2D eigenvalue weighted by Gasteiger charge is -2.45. The summed E-state index contributed by atoms with van der Waals surface area (Å²) in [7, 11) is 0. The van der Waals surface area contributed by atoms with Crippen LogP contribution < -0.4 is 9.64 Å². The van der Waals surface area contributed by atoms with Gasteiger partial charge in [0.15, 0.2) is 0 Å². The van der Waals surface area contributed by atoms with Gasteiger partial charge in [0.1, 0.15) is 5.75 Å². The Balaban J connectivity index is 1.27. The third kappa shape index (κ3) is 3.88. The molecule has 0 spiro atoms. The number of esters is 1. The highest BCUT2D eigenvalue weighted by Crippen LogP contribution is 2.61. The Bertz CT molecular complexity index is 1260. The minimum atomic E-state index is -0.434. The molecular weight excluding hydrogens is 462 g/mol. The van der Waals surface area contributed by atoms with Crippen LogP contribution in [0.2, 0.25) is 0 Å². The second-order valence-corrected chi connectivity index (χ2v) is 10.4. The molecule has 0 N–H and O–H groups in total. The highest BCUT2D eigenvalue weighted by Gasteiger charge is 2.61. The van der Waals surface area contributed by atoms with E-state index in [0.29, 0.717) is 17.9 Å². The molecule has 0 aromatic heterocycles. The van der Waals surface area contributed by atoms with Crippen LogP contribution in [0.15, 0.2) is 72.8 Å². The summed E-state index contributed by atoms with van der Waals surface area (Å²) >= 11 is 0. The zero-order chi connectivity index (χ0) is 25.5. The monoisotopic (exact) mass is 493 g/mol. The Morgan fingerprint density at radius 3 is 1.81 bits per heavy atom. The number of hydrogen-bond acceptors (Lipinski definition) is 4. The van der Waals surface area contributed by atoms with Gasteiger partial charge in [-0.3, -0.25) is 14.4 Å². The lowest BCUT2D eigenvalue weighted by Crippen LogP contribution is -2.41. The van der Waals surface area contributed by atoms with Gasteiger partial charge in [0.25, 0.3) is 0 Å². The number of imide groups is 1. The number of benzene rings is 3. The molecule has 3 aromatic rings. The maximum atomic E-state index is 13.9. The minimum absolute atomic E-state index is 0.141. The fraction of sp³-hybridized carbons (Fsp3) is 0.344. The largest absolute Gasteiger partial charge is 0.426 e. The van der Waals surface area contributed by atoms with Gasteiger partial charge in [-0.25, -0.2) is 4.90 Å². The molecule has 1 heterocycles. The second-order valence-electron chi connectivity index (χ2n) is 10.4. The highest BCUT2D eigenvalue weighted by molar-refractivity contribution is 6.23. The van der Waals surface area contributed by atoms with Gasteiger partial charge in [0, 0.05) is 24.3 Å². The van der Waals surface area contributed by atoms with Crippen LogP contribution in [0.1, 0.15) is 79.5 Å². The molecule has 3 aromatic carbocycles. The van der Waals surface area contributed by atoms with Crippen molar-refractivity contribution < 1.29 is 19.1 Å². The Morgan fingerprint density at radius 1 is 0.730 bits per heavy atom. The summed E-state index contributed by atoms with van der Waals surface area (Å²) in [5, 5.41) is 0. The molecular formula is C32H31NO4. The van der Waals surface area contributed by atoms with E-state index in [1.54, 1.807) is 24.3 Å². The molecule has 5 heteroatoms. The van der Waals surface area contributed by atoms with Crippen LogP contribution in [-0.2, 0) is 14.4 Å². The average molecular weight is 494 g/mol. The second kappa shape index (κ2) is 9.62. The van der Waals surface area contributed by atoms with Crippen LogP contribution >= 0.6 is 0 Å². The Hall–Kier alpha value is -3.73. The van der Waals surface area contributed by atoms with E-state index in [0.717, 1.165) is 47.9 Å². The Kier molecular flexibility index (Phi) is 6.15. The molecule has 1 saturated heterocycles. The number of carbonyl (C=O) groups excluding carboxylic acids is 3. The fourth-order valence-corrected chi connectivity index (χ4v) is 6.67. The van der Waals surface area contributed by atoms with Crippen LogP contribution in [0.4, 0.5) is 5.69 Å². The van der Waals surface area contributed by atoms with Crippen molar-refractivity contribution in [2.24, 2.45) is 11.8 Å². The zero-order valence-electron chi connectivity index (χ0n) is 21.1. The number of nitrogens with zero attached hydrogens (tertiary/aromatic N) is 1. The summed E-state index contributed by atoms with van der Waals surface area (Å²) in [6.45, 7) is 2.16. The van der Waals surface area contributed by atoms with Gasteiger partial charge in [-0.05, 0) is 40.8 Å². The molecule has 0 saturated carbocycles. The molecule has 188 valence electrons. The highest BCUT2D eigenvalue weighted by atomic mass is 16.5. The molecule has 7 rings (SSSR count). The molecule has 37 heavy (non-hydrogen) atoms. The number of unbranched alkanes of at least 4 members (excludes halogenated alkanes) is 4. The summed E-state index contributed by atoms with van der Waals surface area (Å²) < 4.78 is 5.58. The smallest absolute Gasteiger partial charge is 0.311 e. The molecule has 4 aliphatic rings. The van der Waals surface area contributed by atoms with Gasteiger partial charge in [0.2, 0.25) is 11.8 Å². The Morgan fingerprint density at radius 2 is 1.27 bits per heavy atom. The van der Waals surface area contributed by atoms with E-state index in [4.69, 9.17) is 4.74 Å². The fourth-order valence-electron chi connectivity index (χ4n) is 6.67. The van der Waals surface area contributed by atoms with Crippen LogP contribution in [-0.4, -0.2) is 17.8 Å². The van der Waals surface area contributed by atoms with Gasteiger partial charge in [0.05, 0.1) is 17.5 Å². The van der Waals surface area contributed by atoms with Crippen molar-refractivity contribution >= 4 is 23.5 Å². The van der Waals surface area contributed by atoms with Gasteiger partial charge < -0.3 is 4.74 Å². The summed E-state index contributed by atoms with van der Waals surface area (Å²) in [4.78, 5) is 41.6. The van der Waals surface area contributed by atoms with E-state index in [1.807, 2.05) is 24.3 Å². The number of amides is 2. The predicted molar refractivity (Wildman–Crippen MR) is 141 cm³/mol. The van der Waals surface area contributed by atoms with Crippen LogP contribution in [0, 0.1) is 11.8 Å². The van der Waals surface area contributed by atoms with Crippen molar-refractivity contribution in [1.82, 2.24) is 0 Å². The van der Waals surface area contributed by atoms with E-state index in [1.165, 1.54) is 11.3 Å². The summed E-state index contributed by atoms with van der Waals surface area (Å²) in [5.74, 6) is -1.42. The van der Waals surface area contributed by atoms with Crippen LogP contribution in [0.25, 0.3) is 0 Å². The van der Waals surface area contributed by atoms with Gasteiger partial charge in [-0.1, -0.05) is 87.2 Å². The maximum Gasteiger partial charge on any atom is 0.311 e. The maximum absolute atomic E-state index is 13.9. The zero-order valence-corrected chi connectivity index (χ0v) is 21.1. The van der Waals surface area contributed by atoms with E-state index >= 15 is 0 Å². The van der Waals surface area contributed by atoms with Crippen molar-refractivity contribution in [1.29, 1.82) is 0 Å². The summed E-state index contributed by atoms with van der Waals surface area (Å²) in [6.07, 6.45) is 5.63. The van der Waals surface area contributed by atoms with E-state index in [2.05, 4.69) is 31.2 Å². The van der Waals surface area contributed by atoms with Crippen LogP contribution in [0.3, 0.4) is 0 Å². The molecule has 3 aliphatic carbocycles. The number of rotatable bonds is 8. The first-order valence-corrected chi connectivity index (χ1v) is 13.5. The van der Waals surface area contributed by atoms with E-state index in [9.17, 15) is 14.4 Å². The predicted octanol–water partition coefficient (Wildman–Crippen LogP) is 6.35. The van der Waals surface area contributed by atoms with Crippen molar-refractivity contribution in [2.45, 2.75) is 57.3 Å². The molecule has 2 bridgehead atoms. The SMILES string of the molecule is CCCCCCCC(=O)Oc1cccc(N2C(=O)[C@H]3C4c5ccccc5C(c5ccccc54)[C@@H]3C2=O)c1. The lowest BCUT2D eigenvalue weighted by atomic mass is 9.55. The normalized spacial score (nSPS) is 23.0. The first-order valence-electron chi connectivity index (χ1n) is 13.5. The Labute approximate surface area is 217 Å². The third-order valence-corrected chi connectivity index (χ3v) is 8.24. The minimum Gasteiger partial charge on any atom is -0.426 e. The quantitative estimate of drug-likeness (QED) is 0.159. The van der Waals surface area contributed by atoms with Crippen LogP contribution in [0.5, 0.6) is 5.75 Å². The molecule has 0 radical (unpaired) electrons. The van der Waals surface area contributed by atoms with Gasteiger partial charge >= 0.3 is 5.97 Å². The van der Waals surface area contributed by atoms with Crippen molar-refractivity contribution in [3.63, 3.8) is 0 Å². The average Bonchev–Trinajstić information content (AvgIpc) is 3.19. The van der Waals surface area contributed by atoms with Crippen molar-refractivity contribution in [3.05, 3.63) is 95.1 Å². The lowest BCUT2D eigenvalue weighted by molar-refractivity contribution is -0.134. The van der Waals surface area contributed by atoms with E-state index in [-0.39, 0.29) is 29.6 Å². The third-order valence-electron chi connectivity index (χ3n) is 8.24. The molecule has 2 amide bonds. The summed E-state index contributed by atoms with van der Waals surface area (Å²) in [6, 6.07) is 23.3. The number of anilines is 1.